The van der Waals surface area contributed by atoms with Gasteiger partial charge in [-0.3, -0.25) is 0 Å². The first kappa shape index (κ1) is 12.2. The van der Waals surface area contributed by atoms with Crippen molar-refractivity contribution in [3.63, 3.8) is 0 Å². The predicted octanol–water partition coefficient (Wildman–Crippen LogP) is 3.35. The highest BCUT2D eigenvalue weighted by Crippen LogP contribution is 2.63. The van der Waals surface area contributed by atoms with Gasteiger partial charge in [0.2, 0.25) is 0 Å². The van der Waals surface area contributed by atoms with E-state index in [0.717, 1.165) is 0 Å². The lowest BCUT2D eigenvalue weighted by Crippen LogP contribution is -2.13. The predicted molar refractivity (Wildman–Crippen MR) is 59.1 cm³/mol. The average molecular weight is 244 g/mol. The lowest BCUT2D eigenvalue weighted by Gasteiger charge is -2.08. The van der Waals surface area contributed by atoms with Gasteiger partial charge in [0.1, 0.15) is 0 Å². The number of hydrogen-bond donors (Lipinski definition) is 1. The third-order valence-electron chi connectivity index (χ3n) is 4.19. The summed E-state index contributed by atoms with van der Waals surface area (Å²) in [6, 6.07) is 0.495. The number of nitrogens with zero attached hydrogens (tertiary/aromatic N) is 1. The van der Waals surface area contributed by atoms with Crippen LogP contribution in [0.1, 0.15) is 27.7 Å². The molecule has 0 spiro atoms. The Balaban J connectivity index is 2.25. The molecular formula is C12H15F3N2. The second-order valence-electron chi connectivity index (χ2n) is 5.61. The molecule has 1 fully saturated rings. The molecule has 5 heteroatoms. The van der Waals surface area contributed by atoms with E-state index in [4.69, 9.17) is 0 Å². The lowest BCUT2D eigenvalue weighted by molar-refractivity contribution is 0.457. The SMILES string of the molecule is CC1(C)C(Nc2nc(F)c(F)cc2F)C1(C)C. The van der Waals surface area contributed by atoms with Gasteiger partial charge in [-0.05, 0) is 10.8 Å². The van der Waals surface area contributed by atoms with Crippen LogP contribution in [0.2, 0.25) is 0 Å². The smallest absolute Gasteiger partial charge is 0.251 e. The van der Waals surface area contributed by atoms with Crippen LogP contribution in [0.3, 0.4) is 0 Å². The Bertz CT molecular complexity index is 455. The Morgan fingerprint density at radius 1 is 1.06 bits per heavy atom. The zero-order valence-corrected chi connectivity index (χ0v) is 10.2. The first-order valence-electron chi connectivity index (χ1n) is 5.46. The summed E-state index contributed by atoms with van der Waals surface area (Å²) in [6.45, 7) is 8.12. The van der Waals surface area contributed by atoms with Crippen LogP contribution in [-0.2, 0) is 0 Å². The van der Waals surface area contributed by atoms with E-state index in [9.17, 15) is 13.2 Å². The van der Waals surface area contributed by atoms with Gasteiger partial charge >= 0.3 is 0 Å². The van der Waals surface area contributed by atoms with Crippen molar-refractivity contribution in [2.75, 3.05) is 5.32 Å². The third-order valence-corrected chi connectivity index (χ3v) is 4.19. The molecule has 94 valence electrons. The van der Waals surface area contributed by atoms with Gasteiger partial charge in [-0.15, -0.1) is 0 Å². The highest BCUT2D eigenvalue weighted by atomic mass is 19.2. The standard InChI is InChI=1S/C12H15F3N2/c1-11(2)10(12(11,3)4)17-9-7(14)5-6(13)8(15)16-9/h5,10H,1-4H3,(H,16,17). The second kappa shape index (κ2) is 3.37. The number of hydrogen-bond acceptors (Lipinski definition) is 2. The van der Waals surface area contributed by atoms with E-state index in [1.165, 1.54) is 0 Å². The Kier molecular flexibility index (Phi) is 2.42. The van der Waals surface area contributed by atoms with E-state index >= 15 is 0 Å². The molecule has 0 atom stereocenters. The van der Waals surface area contributed by atoms with Gasteiger partial charge in [-0.25, -0.2) is 8.78 Å². The quantitative estimate of drug-likeness (QED) is 0.807. The first-order valence-corrected chi connectivity index (χ1v) is 5.46. The molecule has 2 rings (SSSR count). The molecule has 0 amide bonds. The zero-order chi connectivity index (χ0) is 13.0. The molecule has 17 heavy (non-hydrogen) atoms. The summed E-state index contributed by atoms with van der Waals surface area (Å²) < 4.78 is 39.0. The van der Waals surface area contributed by atoms with E-state index in [2.05, 4.69) is 10.3 Å². The fraction of sp³-hybridized carbons (Fsp3) is 0.583. The number of pyridine rings is 1. The molecular weight excluding hydrogens is 229 g/mol. The van der Waals surface area contributed by atoms with Crippen LogP contribution in [-0.4, -0.2) is 11.0 Å². The van der Waals surface area contributed by atoms with Gasteiger partial charge < -0.3 is 5.32 Å². The fourth-order valence-electron chi connectivity index (χ4n) is 2.24. The molecule has 1 aromatic rings. The van der Waals surface area contributed by atoms with Gasteiger partial charge in [-0.1, -0.05) is 27.7 Å². The summed E-state index contributed by atoms with van der Waals surface area (Å²) in [5, 5.41) is 2.84. The van der Waals surface area contributed by atoms with Crippen LogP contribution in [0.5, 0.6) is 0 Å². The van der Waals surface area contributed by atoms with Gasteiger partial charge in [-0.2, -0.15) is 9.37 Å². The maximum atomic E-state index is 13.4. The van der Waals surface area contributed by atoms with Crippen molar-refractivity contribution in [2.45, 2.75) is 33.7 Å². The minimum atomic E-state index is -1.29. The van der Waals surface area contributed by atoms with Crippen LogP contribution in [0.15, 0.2) is 6.07 Å². The first-order chi connectivity index (χ1) is 7.68. The van der Waals surface area contributed by atoms with Crippen molar-refractivity contribution in [3.05, 3.63) is 23.6 Å². The minimum Gasteiger partial charge on any atom is -0.364 e. The summed E-state index contributed by atoms with van der Waals surface area (Å²) in [4.78, 5) is 3.26. The largest absolute Gasteiger partial charge is 0.364 e. The minimum absolute atomic E-state index is 0.0122. The Labute approximate surface area is 98.2 Å². The zero-order valence-electron chi connectivity index (χ0n) is 10.2. The van der Waals surface area contributed by atoms with E-state index in [1.807, 2.05) is 27.7 Å². The van der Waals surface area contributed by atoms with E-state index in [0.29, 0.717) is 6.07 Å². The number of nitrogens with one attached hydrogen (secondary N) is 1. The molecule has 1 aromatic heterocycles. The topological polar surface area (TPSA) is 24.9 Å². The molecule has 1 saturated carbocycles. The van der Waals surface area contributed by atoms with Crippen molar-refractivity contribution >= 4 is 5.82 Å². The van der Waals surface area contributed by atoms with Crippen LogP contribution >= 0.6 is 0 Å². The maximum Gasteiger partial charge on any atom is 0.251 e. The summed E-state index contributed by atoms with van der Waals surface area (Å²) in [7, 11) is 0. The monoisotopic (exact) mass is 244 g/mol. The Morgan fingerprint density at radius 2 is 1.59 bits per heavy atom. The lowest BCUT2D eigenvalue weighted by atomic mass is 10.0. The molecule has 1 aliphatic carbocycles. The molecule has 1 N–H and O–H groups in total. The Morgan fingerprint density at radius 3 is 2.06 bits per heavy atom. The molecule has 0 aliphatic heterocycles. The van der Waals surface area contributed by atoms with Crippen LogP contribution in [0.25, 0.3) is 0 Å². The van der Waals surface area contributed by atoms with Crippen molar-refractivity contribution < 1.29 is 13.2 Å². The van der Waals surface area contributed by atoms with Crippen molar-refractivity contribution in [2.24, 2.45) is 10.8 Å². The third kappa shape index (κ3) is 1.68. The number of anilines is 1. The van der Waals surface area contributed by atoms with E-state index in [-0.39, 0.29) is 22.7 Å². The average Bonchev–Trinajstić information content (AvgIpc) is 2.57. The van der Waals surface area contributed by atoms with Gasteiger partial charge in [0.05, 0.1) is 0 Å². The van der Waals surface area contributed by atoms with Crippen LogP contribution < -0.4 is 5.32 Å². The molecule has 0 unspecified atom stereocenters. The molecule has 2 nitrogen and oxygen atoms in total. The summed E-state index contributed by atoms with van der Waals surface area (Å²) >= 11 is 0. The Hall–Kier alpha value is -1.26. The number of halogens is 3. The van der Waals surface area contributed by atoms with E-state index in [1.54, 1.807) is 0 Å². The summed E-state index contributed by atoms with van der Waals surface area (Å²) in [6.07, 6.45) is 0. The molecule has 0 saturated heterocycles. The van der Waals surface area contributed by atoms with Gasteiger partial charge in [0.15, 0.2) is 17.5 Å². The second-order valence-corrected chi connectivity index (χ2v) is 5.61. The molecule has 0 bridgehead atoms. The highest BCUT2D eigenvalue weighted by molar-refractivity contribution is 5.43. The normalized spacial score (nSPS) is 21.4. The van der Waals surface area contributed by atoms with Gasteiger partial charge in [0.25, 0.3) is 5.95 Å². The fourth-order valence-corrected chi connectivity index (χ4v) is 2.24. The molecule has 0 aromatic carbocycles. The molecule has 0 radical (unpaired) electrons. The number of rotatable bonds is 2. The van der Waals surface area contributed by atoms with Gasteiger partial charge in [0, 0.05) is 12.1 Å². The van der Waals surface area contributed by atoms with Crippen LogP contribution in [0, 0.1) is 28.4 Å². The highest BCUT2D eigenvalue weighted by Gasteiger charge is 2.65. The molecule has 1 aliphatic rings. The maximum absolute atomic E-state index is 13.4. The van der Waals surface area contributed by atoms with E-state index < -0.39 is 17.6 Å². The van der Waals surface area contributed by atoms with Crippen molar-refractivity contribution in [1.82, 2.24) is 4.98 Å². The van der Waals surface area contributed by atoms with Crippen molar-refractivity contribution in [3.8, 4) is 0 Å². The van der Waals surface area contributed by atoms with Crippen LogP contribution in [0.4, 0.5) is 19.0 Å². The summed E-state index contributed by atoms with van der Waals surface area (Å²) in [5.41, 5.74) is -0.0715. The molecule has 1 heterocycles. The summed E-state index contributed by atoms with van der Waals surface area (Å²) in [5.74, 6) is -3.66. The van der Waals surface area contributed by atoms with Crippen molar-refractivity contribution in [1.29, 1.82) is 0 Å². The number of aromatic nitrogens is 1.